The fraction of sp³-hybridized carbons (Fsp3) is 0.417. The molecule has 5 heteroatoms. The zero-order chi connectivity index (χ0) is 11.4. The van der Waals surface area contributed by atoms with Gasteiger partial charge in [0, 0.05) is 17.6 Å². The van der Waals surface area contributed by atoms with E-state index in [-0.39, 0.29) is 24.6 Å². The van der Waals surface area contributed by atoms with E-state index in [1.165, 1.54) is 0 Å². The van der Waals surface area contributed by atoms with E-state index in [4.69, 9.17) is 16.3 Å². The first-order chi connectivity index (χ1) is 7.77. The predicted octanol–water partition coefficient (Wildman–Crippen LogP) is 3.28. The third-order valence-electron chi connectivity index (χ3n) is 2.81. The van der Waals surface area contributed by atoms with Crippen LogP contribution in [-0.2, 0) is 4.74 Å². The molecule has 94 valence electrons. The Morgan fingerprint density at radius 2 is 2.12 bits per heavy atom. The van der Waals surface area contributed by atoms with E-state index in [0.717, 1.165) is 24.9 Å². The summed E-state index contributed by atoms with van der Waals surface area (Å²) in [7, 11) is 0. The molecular weight excluding hydrogens is 261 g/mol. The minimum absolute atomic E-state index is 0. The van der Waals surface area contributed by atoms with E-state index in [1.807, 2.05) is 30.3 Å². The Morgan fingerprint density at radius 3 is 2.65 bits per heavy atom. The van der Waals surface area contributed by atoms with Crippen molar-refractivity contribution in [2.45, 2.75) is 25.0 Å². The molecule has 0 radical (unpaired) electrons. The van der Waals surface area contributed by atoms with Gasteiger partial charge in [-0.15, -0.1) is 12.4 Å². The average Bonchev–Trinajstić information content (AvgIpc) is 2.80. The van der Waals surface area contributed by atoms with Gasteiger partial charge in [0.1, 0.15) is 6.10 Å². The minimum Gasteiger partial charge on any atom is -0.444 e. The highest BCUT2D eigenvalue weighted by Crippen LogP contribution is 2.27. The van der Waals surface area contributed by atoms with Gasteiger partial charge in [-0.25, -0.2) is 4.79 Å². The molecular formula is C12H15Cl2NO2. The van der Waals surface area contributed by atoms with Crippen molar-refractivity contribution in [3.8, 4) is 0 Å². The summed E-state index contributed by atoms with van der Waals surface area (Å²) in [5, 5.41) is 3.32. The van der Waals surface area contributed by atoms with E-state index in [1.54, 1.807) is 0 Å². The van der Waals surface area contributed by atoms with Crippen molar-refractivity contribution in [1.82, 2.24) is 5.32 Å². The maximum Gasteiger partial charge on any atom is 0.404 e. The van der Waals surface area contributed by atoms with Gasteiger partial charge in [-0.1, -0.05) is 30.3 Å². The van der Waals surface area contributed by atoms with Crippen LogP contribution in [-0.4, -0.2) is 18.0 Å². The second kappa shape index (κ2) is 6.84. The fourth-order valence-corrected chi connectivity index (χ4v) is 2.19. The van der Waals surface area contributed by atoms with Crippen LogP contribution < -0.4 is 5.32 Å². The van der Waals surface area contributed by atoms with Crippen LogP contribution in [0.25, 0.3) is 0 Å². The molecule has 1 N–H and O–H groups in total. The monoisotopic (exact) mass is 275 g/mol. The van der Waals surface area contributed by atoms with Crippen LogP contribution in [0, 0.1) is 0 Å². The number of carbonyl (C=O) groups is 1. The zero-order valence-electron chi connectivity index (χ0n) is 9.27. The second-order valence-corrected chi connectivity index (χ2v) is 4.20. The van der Waals surface area contributed by atoms with Crippen LogP contribution in [0.15, 0.2) is 30.3 Å². The molecule has 2 rings (SSSR count). The Kier molecular flexibility index (Phi) is 5.75. The molecule has 1 saturated heterocycles. The molecule has 0 aromatic heterocycles. The van der Waals surface area contributed by atoms with Crippen molar-refractivity contribution in [2.24, 2.45) is 0 Å². The molecule has 17 heavy (non-hydrogen) atoms. The number of hydrogen-bond acceptors (Lipinski definition) is 3. The maximum atomic E-state index is 10.9. The van der Waals surface area contributed by atoms with Crippen LogP contribution in [0.3, 0.4) is 0 Å². The fourth-order valence-electron chi connectivity index (χ4n) is 2.09. The molecule has 1 heterocycles. The van der Waals surface area contributed by atoms with Gasteiger partial charge in [0.2, 0.25) is 0 Å². The Morgan fingerprint density at radius 1 is 1.41 bits per heavy atom. The van der Waals surface area contributed by atoms with Gasteiger partial charge in [-0.3, -0.25) is 0 Å². The predicted molar refractivity (Wildman–Crippen MR) is 69.8 cm³/mol. The summed E-state index contributed by atoms with van der Waals surface area (Å²) in [6.07, 6.45) is 1.83. The average molecular weight is 276 g/mol. The van der Waals surface area contributed by atoms with Gasteiger partial charge in [0.15, 0.2) is 0 Å². The number of rotatable bonds is 3. The van der Waals surface area contributed by atoms with Crippen LogP contribution in [0.2, 0.25) is 0 Å². The van der Waals surface area contributed by atoms with Crippen LogP contribution in [0.1, 0.15) is 24.5 Å². The Hall–Kier alpha value is -0.770. The first-order valence-electron chi connectivity index (χ1n) is 5.42. The van der Waals surface area contributed by atoms with Crippen molar-refractivity contribution in [2.75, 3.05) is 6.54 Å². The molecule has 0 saturated carbocycles. The summed E-state index contributed by atoms with van der Waals surface area (Å²) in [6.45, 7) is 0.966. The van der Waals surface area contributed by atoms with Gasteiger partial charge in [0.05, 0.1) is 0 Å². The van der Waals surface area contributed by atoms with E-state index >= 15 is 0 Å². The molecule has 2 unspecified atom stereocenters. The lowest BCUT2D eigenvalue weighted by molar-refractivity contribution is 0.0987. The molecule has 0 aliphatic carbocycles. The van der Waals surface area contributed by atoms with Crippen molar-refractivity contribution < 1.29 is 9.53 Å². The summed E-state index contributed by atoms with van der Waals surface area (Å²) < 4.78 is 5.18. The highest BCUT2D eigenvalue weighted by Gasteiger charge is 2.28. The summed E-state index contributed by atoms with van der Waals surface area (Å²) in [4.78, 5) is 10.9. The molecule has 0 amide bonds. The number of halogens is 2. The highest BCUT2D eigenvalue weighted by atomic mass is 35.5. The Labute approximate surface area is 112 Å². The number of carbonyl (C=O) groups excluding carboxylic acids is 1. The van der Waals surface area contributed by atoms with E-state index in [2.05, 4.69) is 5.32 Å². The maximum absolute atomic E-state index is 10.9. The number of nitrogens with one attached hydrogen (secondary N) is 1. The highest BCUT2D eigenvalue weighted by molar-refractivity contribution is 6.61. The molecule has 1 aliphatic heterocycles. The van der Waals surface area contributed by atoms with E-state index in [9.17, 15) is 4.79 Å². The SMILES string of the molecule is Cl.O=C(Cl)OC(c1ccccc1)C1CCCN1. The standard InChI is InChI=1S/C12H14ClNO2.ClH/c13-12(15)16-11(10-7-4-8-14-10)9-5-2-1-3-6-9;/h1-3,5-6,10-11,14H,4,7-8H2;1H. The molecule has 1 fully saturated rings. The summed E-state index contributed by atoms with van der Waals surface area (Å²) in [6, 6.07) is 9.86. The number of benzene rings is 1. The molecule has 1 aliphatic rings. The first-order valence-corrected chi connectivity index (χ1v) is 5.79. The van der Waals surface area contributed by atoms with Crippen molar-refractivity contribution >= 4 is 29.4 Å². The van der Waals surface area contributed by atoms with Gasteiger partial charge in [0.25, 0.3) is 0 Å². The molecule has 1 aromatic rings. The largest absolute Gasteiger partial charge is 0.444 e. The quantitative estimate of drug-likeness (QED) is 0.861. The van der Waals surface area contributed by atoms with Gasteiger partial charge in [-0.05, 0) is 24.9 Å². The summed E-state index contributed by atoms with van der Waals surface area (Å²) >= 11 is 5.31. The smallest absolute Gasteiger partial charge is 0.404 e. The second-order valence-electron chi connectivity index (χ2n) is 3.89. The summed E-state index contributed by atoms with van der Waals surface area (Å²) in [5.74, 6) is 0. The minimum atomic E-state index is -0.748. The normalized spacial score (nSPS) is 20.4. The Bertz CT molecular complexity index is 353. The van der Waals surface area contributed by atoms with Gasteiger partial charge < -0.3 is 10.1 Å². The lowest BCUT2D eigenvalue weighted by Crippen LogP contribution is -2.31. The van der Waals surface area contributed by atoms with Crippen molar-refractivity contribution in [3.05, 3.63) is 35.9 Å². The molecule has 2 atom stereocenters. The topological polar surface area (TPSA) is 38.3 Å². The number of ether oxygens (including phenoxy) is 1. The number of hydrogen-bond donors (Lipinski definition) is 1. The lowest BCUT2D eigenvalue weighted by atomic mass is 10.0. The molecule has 1 aromatic carbocycles. The van der Waals surface area contributed by atoms with Crippen LogP contribution >= 0.6 is 24.0 Å². The molecule has 0 spiro atoms. The summed E-state index contributed by atoms with van der Waals surface area (Å²) in [5.41, 5.74) is 0.235. The molecule has 3 nitrogen and oxygen atoms in total. The zero-order valence-corrected chi connectivity index (χ0v) is 10.8. The van der Waals surface area contributed by atoms with E-state index < -0.39 is 5.43 Å². The van der Waals surface area contributed by atoms with Crippen LogP contribution in [0.5, 0.6) is 0 Å². The molecule has 0 bridgehead atoms. The van der Waals surface area contributed by atoms with Gasteiger partial charge in [-0.2, -0.15) is 0 Å². The Balaban J connectivity index is 0.00000144. The lowest BCUT2D eigenvalue weighted by Gasteiger charge is -2.23. The third kappa shape index (κ3) is 3.87. The van der Waals surface area contributed by atoms with E-state index in [0.29, 0.717) is 0 Å². The first kappa shape index (κ1) is 14.3. The van der Waals surface area contributed by atoms with Crippen LogP contribution in [0.4, 0.5) is 4.79 Å². The van der Waals surface area contributed by atoms with Crippen molar-refractivity contribution in [3.63, 3.8) is 0 Å². The van der Waals surface area contributed by atoms with Crippen molar-refractivity contribution in [1.29, 1.82) is 0 Å². The van der Waals surface area contributed by atoms with Gasteiger partial charge >= 0.3 is 5.43 Å². The third-order valence-corrected chi connectivity index (χ3v) is 2.90.